The van der Waals surface area contributed by atoms with Crippen molar-refractivity contribution in [1.29, 1.82) is 0 Å². The van der Waals surface area contributed by atoms with Crippen molar-refractivity contribution in [2.45, 2.75) is 59.0 Å². The van der Waals surface area contributed by atoms with Crippen LogP contribution in [0.5, 0.6) is 5.75 Å². The summed E-state index contributed by atoms with van der Waals surface area (Å²) in [5.74, 6) is 0.356. The SMILES string of the molecule is CC(C)(C)c1cc(C(=S)OCc2ccccc2)cc(C(C)(C)C)c1O. The van der Waals surface area contributed by atoms with E-state index in [0.717, 1.165) is 22.3 Å². The van der Waals surface area contributed by atoms with E-state index in [-0.39, 0.29) is 10.8 Å². The van der Waals surface area contributed by atoms with E-state index in [2.05, 4.69) is 41.5 Å². The summed E-state index contributed by atoms with van der Waals surface area (Å²) < 4.78 is 5.84. The Balaban J connectivity index is 2.38. The number of rotatable bonds is 3. The fourth-order valence-corrected chi connectivity index (χ4v) is 2.88. The molecule has 0 saturated carbocycles. The lowest BCUT2D eigenvalue weighted by Crippen LogP contribution is -2.19. The largest absolute Gasteiger partial charge is 0.507 e. The summed E-state index contributed by atoms with van der Waals surface area (Å²) in [5, 5.41) is 11.2. The zero-order chi connectivity index (χ0) is 18.8. The molecule has 0 aliphatic carbocycles. The molecule has 0 heterocycles. The molecule has 0 fully saturated rings. The summed E-state index contributed by atoms with van der Waals surface area (Å²) in [6.07, 6.45) is 0. The lowest BCUT2D eigenvalue weighted by atomic mass is 9.78. The van der Waals surface area contributed by atoms with Crippen LogP contribution in [0, 0.1) is 0 Å². The van der Waals surface area contributed by atoms with E-state index in [1.807, 2.05) is 42.5 Å². The molecule has 0 spiro atoms. The summed E-state index contributed by atoms with van der Waals surface area (Å²) in [4.78, 5) is 0. The van der Waals surface area contributed by atoms with Crippen molar-refractivity contribution in [3.8, 4) is 5.75 Å². The van der Waals surface area contributed by atoms with Crippen molar-refractivity contribution in [1.82, 2.24) is 0 Å². The highest BCUT2D eigenvalue weighted by atomic mass is 32.1. The quantitative estimate of drug-likeness (QED) is 0.696. The van der Waals surface area contributed by atoms with Crippen LogP contribution in [0.15, 0.2) is 42.5 Å². The topological polar surface area (TPSA) is 29.5 Å². The average Bonchev–Trinajstić information content (AvgIpc) is 2.51. The lowest BCUT2D eigenvalue weighted by molar-refractivity contribution is 0.302. The fourth-order valence-electron chi connectivity index (χ4n) is 2.70. The summed E-state index contributed by atoms with van der Waals surface area (Å²) in [6.45, 7) is 13.0. The van der Waals surface area contributed by atoms with E-state index in [9.17, 15) is 5.11 Å². The maximum absolute atomic E-state index is 10.8. The number of phenols is 1. The molecule has 2 nitrogen and oxygen atoms in total. The number of thiocarbonyl (C=S) groups is 1. The molecule has 2 aromatic carbocycles. The van der Waals surface area contributed by atoms with Gasteiger partial charge in [0.2, 0.25) is 0 Å². The highest BCUT2D eigenvalue weighted by molar-refractivity contribution is 7.80. The van der Waals surface area contributed by atoms with Gasteiger partial charge in [0.1, 0.15) is 12.4 Å². The number of phenolic OH excluding ortho intramolecular Hbond substituents is 1. The van der Waals surface area contributed by atoms with Crippen LogP contribution in [0.3, 0.4) is 0 Å². The van der Waals surface area contributed by atoms with Crippen molar-refractivity contribution < 1.29 is 9.84 Å². The average molecular weight is 357 g/mol. The molecule has 2 rings (SSSR count). The second-order valence-electron chi connectivity index (χ2n) is 8.48. The number of hydrogen-bond acceptors (Lipinski definition) is 3. The number of ether oxygens (including phenoxy) is 1. The standard InChI is InChI=1S/C22H28O2S/c1-21(2,3)17-12-16(13-18(19(17)23)22(4,5)6)20(25)24-14-15-10-8-7-9-11-15/h7-13,23H,14H2,1-6H3. The predicted molar refractivity (Wildman–Crippen MR) is 108 cm³/mol. The summed E-state index contributed by atoms with van der Waals surface area (Å²) in [7, 11) is 0. The highest BCUT2D eigenvalue weighted by Gasteiger charge is 2.27. The Bertz CT molecular complexity index is 715. The van der Waals surface area contributed by atoms with Crippen LogP contribution >= 0.6 is 12.2 Å². The Morgan fingerprint density at radius 3 is 1.84 bits per heavy atom. The van der Waals surface area contributed by atoms with Crippen LogP contribution < -0.4 is 0 Å². The minimum Gasteiger partial charge on any atom is -0.507 e. The first-order valence-electron chi connectivity index (χ1n) is 8.59. The van der Waals surface area contributed by atoms with Crippen molar-refractivity contribution in [2.24, 2.45) is 0 Å². The smallest absolute Gasteiger partial charge is 0.191 e. The number of benzene rings is 2. The molecular formula is C22H28O2S. The van der Waals surface area contributed by atoms with Crippen molar-refractivity contribution in [3.05, 3.63) is 64.7 Å². The molecule has 0 aliphatic rings. The van der Waals surface area contributed by atoms with Gasteiger partial charge < -0.3 is 9.84 Å². The molecule has 0 bridgehead atoms. The van der Waals surface area contributed by atoms with Crippen LogP contribution in [-0.4, -0.2) is 10.2 Å². The summed E-state index contributed by atoms with van der Waals surface area (Å²) in [5.41, 5.74) is 3.33. The zero-order valence-electron chi connectivity index (χ0n) is 16.0. The second kappa shape index (κ2) is 7.17. The molecule has 25 heavy (non-hydrogen) atoms. The van der Waals surface area contributed by atoms with Crippen LogP contribution in [0.25, 0.3) is 0 Å². The van der Waals surface area contributed by atoms with Crippen molar-refractivity contribution >= 4 is 17.3 Å². The van der Waals surface area contributed by atoms with Crippen LogP contribution in [0.2, 0.25) is 0 Å². The predicted octanol–water partition coefficient (Wildman–Crippen LogP) is 5.88. The molecule has 0 radical (unpaired) electrons. The Hall–Kier alpha value is -1.87. The van der Waals surface area contributed by atoms with E-state index < -0.39 is 0 Å². The van der Waals surface area contributed by atoms with Gasteiger partial charge in [0.25, 0.3) is 0 Å². The van der Waals surface area contributed by atoms with Gasteiger partial charge in [0, 0.05) is 16.7 Å². The van der Waals surface area contributed by atoms with Crippen LogP contribution in [-0.2, 0) is 22.2 Å². The molecule has 0 unspecified atom stereocenters. The molecule has 0 saturated heterocycles. The molecular weight excluding hydrogens is 328 g/mol. The van der Waals surface area contributed by atoms with Gasteiger partial charge >= 0.3 is 0 Å². The monoisotopic (exact) mass is 356 g/mol. The van der Waals surface area contributed by atoms with Gasteiger partial charge in [-0.1, -0.05) is 71.9 Å². The van der Waals surface area contributed by atoms with Gasteiger partial charge in [0.05, 0.1) is 0 Å². The van der Waals surface area contributed by atoms with Crippen LogP contribution in [0.4, 0.5) is 0 Å². The molecule has 0 aliphatic heterocycles. The number of aromatic hydroxyl groups is 1. The van der Waals surface area contributed by atoms with E-state index in [1.54, 1.807) is 0 Å². The van der Waals surface area contributed by atoms with Crippen molar-refractivity contribution in [3.63, 3.8) is 0 Å². The van der Waals surface area contributed by atoms with E-state index in [4.69, 9.17) is 17.0 Å². The Morgan fingerprint density at radius 1 is 0.920 bits per heavy atom. The van der Waals surface area contributed by atoms with Gasteiger partial charge in [0.15, 0.2) is 5.05 Å². The Morgan fingerprint density at radius 2 is 1.40 bits per heavy atom. The molecule has 1 N–H and O–H groups in total. The molecule has 3 heteroatoms. The maximum Gasteiger partial charge on any atom is 0.191 e. The molecule has 0 aromatic heterocycles. The van der Waals surface area contributed by atoms with Gasteiger partial charge in [-0.15, -0.1) is 0 Å². The minimum atomic E-state index is -0.185. The first-order valence-corrected chi connectivity index (χ1v) is 9.00. The number of hydrogen-bond donors (Lipinski definition) is 1. The van der Waals surface area contributed by atoms with Gasteiger partial charge in [-0.3, -0.25) is 0 Å². The minimum absolute atomic E-state index is 0.185. The van der Waals surface area contributed by atoms with Gasteiger partial charge in [-0.05, 0) is 40.7 Å². The normalized spacial score (nSPS) is 12.1. The summed E-state index contributed by atoms with van der Waals surface area (Å²) >= 11 is 5.52. The first kappa shape index (κ1) is 19.5. The summed E-state index contributed by atoms with van der Waals surface area (Å²) in [6, 6.07) is 13.9. The lowest BCUT2D eigenvalue weighted by Gasteiger charge is -2.28. The van der Waals surface area contributed by atoms with Gasteiger partial charge in [-0.2, -0.15) is 0 Å². The van der Waals surface area contributed by atoms with Gasteiger partial charge in [-0.25, -0.2) is 0 Å². The van der Waals surface area contributed by atoms with Crippen molar-refractivity contribution in [2.75, 3.05) is 0 Å². The van der Waals surface area contributed by atoms with E-state index >= 15 is 0 Å². The second-order valence-corrected chi connectivity index (χ2v) is 8.85. The molecule has 134 valence electrons. The van der Waals surface area contributed by atoms with E-state index in [1.165, 1.54) is 0 Å². The first-order chi connectivity index (χ1) is 11.5. The third kappa shape index (κ3) is 4.82. The molecule has 0 atom stereocenters. The Labute approximate surface area is 156 Å². The zero-order valence-corrected chi connectivity index (χ0v) is 16.8. The third-order valence-corrected chi connectivity index (χ3v) is 4.53. The van der Waals surface area contributed by atoms with Crippen LogP contribution in [0.1, 0.15) is 63.8 Å². The fraction of sp³-hybridized carbons (Fsp3) is 0.409. The van der Waals surface area contributed by atoms with E-state index in [0.29, 0.717) is 17.4 Å². The highest BCUT2D eigenvalue weighted by Crippen LogP contribution is 2.40. The maximum atomic E-state index is 10.8. The third-order valence-electron chi connectivity index (χ3n) is 4.17. The Kier molecular flexibility index (Phi) is 5.58. The molecule has 0 amide bonds. The molecule has 2 aromatic rings.